The molecule has 2 heterocycles. The number of aromatic nitrogens is 2. The lowest BCUT2D eigenvalue weighted by Gasteiger charge is -2.25. The second kappa shape index (κ2) is 7.52. The molecule has 1 aromatic heterocycles. The minimum atomic E-state index is -0.242. The third kappa shape index (κ3) is 3.43. The zero-order valence-corrected chi connectivity index (χ0v) is 16.9. The molecule has 0 saturated heterocycles. The Morgan fingerprint density at radius 3 is 2.90 bits per heavy atom. The lowest BCUT2D eigenvalue weighted by atomic mass is 9.80. The molecule has 152 valence electrons. The van der Waals surface area contributed by atoms with Crippen LogP contribution < -0.4 is 10.5 Å². The Bertz CT molecular complexity index is 1160. The van der Waals surface area contributed by atoms with Gasteiger partial charge in [-0.2, -0.15) is 0 Å². The molecule has 5 rings (SSSR count). The predicted molar refractivity (Wildman–Crippen MR) is 116 cm³/mol. The largest absolute Gasteiger partial charge is 0.494 e. The summed E-state index contributed by atoms with van der Waals surface area (Å²) in [6.45, 7) is 2.65. The first-order valence-electron chi connectivity index (χ1n) is 10.3. The second-order valence-electron chi connectivity index (χ2n) is 7.84. The fraction of sp³-hybridized carbons (Fsp3) is 0.292. The molecule has 6 heteroatoms. The van der Waals surface area contributed by atoms with E-state index in [-0.39, 0.29) is 11.8 Å². The summed E-state index contributed by atoms with van der Waals surface area (Å²) in [5.74, 6) is 1.16. The number of aliphatic imine (C=N–C) groups is 1. The fourth-order valence-corrected chi connectivity index (χ4v) is 4.46. The average Bonchev–Trinajstić information content (AvgIpc) is 3.18. The Morgan fingerprint density at radius 1 is 1.17 bits per heavy atom. The summed E-state index contributed by atoms with van der Waals surface area (Å²) in [5.41, 5.74) is 12.1. The molecule has 2 N–H and O–H groups in total. The van der Waals surface area contributed by atoms with E-state index in [1.807, 2.05) is 19.1 Å². The van der Waals surface area contributed by atoms with Crippen LogP contribution in [-0.2, 0) is 19.3 Å². The molecule has 3 aromatic rings. The molecular formula is C24H23FN4O. The minimum Gasteiger partial charge on any atom is -0.494 e. The Labute approximate surface area is 174 Å². The van der Waals surface area contributed by atoms with Gasteiger partial charge < -0.3 is 10.5 Å². The van der Waals surface area contributed by atoms with Gasteiger partial charge in [0.2, 0.25) is 5.95 Å². The third-order valence-electron chi connectivity index (χ3n) is 5.95. The van der Waals surface area contributed by atoms with Crippen LogP contribution in [0.1, 0.15) is 30.0 Å². The summed E-state index contributed by atoms with van der Waals surface area (Å²) in [6.07, 6.45) is 5.10. The molecule has 0 radical (unpaired) electrons. The maximum Gasteiger partial charge on any atom is 0.220 e. The van der Waals surface area contributed by atoms with Gasteiger partial charge in [0.1, 0.15) is 11.6 Å². The van der Waals surface area contributed by atoms with Gasteiger partial charge in [0.15, 0.2) is 0 Å². The van der Waals surface area contributed by atoms with Crippen molar-refractivity contribution < 1.29 is 9.13 Å². The third-order valence-corrected chi connectivity index (χ3v) is 5.95. The van der Waals surface area contributed by atoms with Crippen molar-refractivity contribution in [3.8, 4) is 17.0 Å². The van der Waals surface area contributed by atoms with E-state index < -0.39 is 0 Å². The number of anilines is 1. The van der Waals surface area contributed by atoms with Crippen LogP contribution in [0.2, 0.25) is 0 Å². The number of hydrogen-bond donors (Lipinski definition) is 1. The molecule has 1 atom stereocenters. The van der Waals surface area contributed by atoms with Crippen LogP contribution in [0.3, 0.4) is 0 Å². The van der Waals surface area contributed by atoms with E-state index in [4.69, 9.17) is 15.5 Å². The Morgan fingerprint density at radius 2 is 2.07 bits per heavy atom. The topological polar surface area (TPSA) is 73.4 Å². The first kappa shape index (κ1) is 18.7. The summed E-state index contributed by atoms with van der Waals surface area (Å²) < 4.78 is 20.6. The maximum atomic E-state index is 14.9. The molecule has 0 bridgehead atoms. The number of rotatable bonds is 4. The SMILES string of the molecule is CCOc1ccc2c(c1)CC(C1=Nc3cc(-c4ccnc(N)n4)cc(F)c3C1)CC2. The highest BCUT2D eigenvalue weighted by Gasteiger charge is 2.29. The molecule has 1 aliphatic heterocycles. The van der Waals surface area contributed by atoms with E-state index in [0.717, 1.165) is 30.7 Å². The van der Waals surface area contributed by atoms with Crippen molar-refractivity contribution in [2.75, 3.05) is 12.3 Å². The molecular weight excluding hydrogens is 379 g/mol. The van der Waals surface area contributed by atoms with E-state index >= 15 is 0 Å². The van der Waals surface area contributed by atoms with Gasteiger partial charge >= 0.3 is 0 Å². The highest BCUT2D eigenvalue weighted by Crippen LogP contribution is 2.38. The fourth-order valence-electron chi connectivity index (χ4n) is 4.46. The lowest BCUT2D eigenvalue weighted by Crippen LogP contribution is -2.23. The van der Waals surface area contributed by atoms with Crippen molar-refractivity contribution in [2.45, 2.75) is 32.6 Å². The first-order valence-corrected chi connectivity index (χ1v) is 10.3. The number of halogens is 1. The van der Waals surface area contributed by atoms with Crippen LogP contribution >= 0.6 is 0 Å². The number of nitrogens with two attached hydrogens (primary N) is 1. The first-order chi connectivity index (χ1) is 14.6. The van der Waals surface area contributed by atoms with Crippen LogP contribution in [0.4, 0.5) is 16.0 Å². The van der Waals surface area contributed by atoms with E-state index in [2.05, 4.69) is 22.1 Å². The van der Waals surface area contributed by atoms with Crippen LogP contribution in [0.25, 0.3) is 11.3 Å². The Kier molecular flexibility index (Phi) is 4.69. The average molecular weight is 402 g/mol. The minimum absolute atomic E-state index is 0.171. The summed E-state index contributed by atoms with van der Waals surface area (Å²) in [6, 6.07) is 11.5. The zero-order chi connectivity index (χ0) is 20.7. The van der Waals surface area contributed by atoms with Crippen molar-refractivity contribution in [1.82, 2.24) is 9.97 Å². The number of hydrogen-bond acceptors (Lipinski definition) is 5. The second-order valence-corrected chi connectivity index (χ2v) is 7.84. The molecule has 0 spiro atoms. The van der Waals surface area contributed by atoms with Gasteiger partial charge in [-0.25, -0.2) is 14.4 Å². The van der Waals surface area contributed by atoms with Gasteiger partial charge in [0, 0.05) is 35.4 Å². The zero-order valence-electron chi connectivity index (χ0n) is 16.9. The van der Waals surface area contributed by atoms with E-state index in [0.29, 0.717) is 41.5 Å². The number of aryl methyl sites for hydroxylation is 1. The molecule has 0 fully saturated rings. The number of benzene rings is 2. The quantitative estimate of drug-likeness (QED) is 0.687. The van der Waals surface area contributed by atoms with Crippen LogP contribution in [0, 0.1) is 11.7 Å². The number of ether oxygens (including phenoxy) is 1. The van der Waals surface area contributed by atoms with Gasteiger partial charge in [-0.05, 0) is 67.6 Å². The number of nitrogens with zero attached hydrogens (tertiary/aromatic N) is 3. The van der Waals surface area contributed by atoms with Crippen molar-refractivity contribution in [1.29, 1.82) is 0 Å². The number of fused-ring (bicyclic) bond motifs is 2. The molecule has 1 unspecified atom stereocenters. The highest BCUT2D eigenvalue weighted by atomic mass is 19.1. The molecule has 2 aromatic carbocycles. The molecule has 0 saturated carbocycles. The lowest BCUT2D eigenvalue weighted by molar-refractivity contribution is 0.339. The summed E-state index contributed by atoms with van der Waals surface area (Å²) in [7, 11) is 0. The monoisotopic (exact) mass is 402 g/mol. The summed E-state index contributed by atoms with van der Waals surface area (Å²) >= 11 is 0. The van der Waals surface area contributed by atoms with Crippen molar-refractivity contribution in [3.05, 3.63) is 65.1 Å². The molecule has 2 aliphatic rings. The Hall–Kier alpha value is -3.28. The van der Waals surface area contributed by atoms with Crippen molar-refractivity contribution in [3.63, 3.8) is 0 Å². The van der Waals surface area contributed by atoms with Gasteiger partial charge in [0.25, 0.3) is 0 Å². The van der Waals surface area contributed by atoms with E-state index in [1.54, 1.807) is 12.3 Å². The Balaban J connectivity index is 1.42. The van der Waals surface area contributed by atoms with E-state index in [9.17, 15) is 4.39 Å². The van der Waals surface area contributed by atoms with E-state index in [1.165, 1.54) is 17.2 Å². The molecule has 0 amide bonds. The highest BCUT2D eigenvalue weighted by molar-refractivity contribution is 5.96. The van der Waals surface area contributed by atoms with Gasteiger partial charge in [-0.1, -0.05) is 6.07 Å². The molecule has 1 aliphatic carbocycles. The van der Waals surface area contributed by atoms with Crippen LogP contribution in [0.15, 0.2) is 47.6 Å². The van der Waals surface area contributed by atoms with Gasteiger partial charge in [-0.3, -0.25) is 4.99 Å². The summed E-state index contributed by atoms with van der Waals surface area (Å²) in [5, 5.41) is 0. The molecule has 30 heavy (non-hydrogen) atoms. The van der Waals surface area contributed by atoms with Gasteiger partial charge in [0.05, 0.1) is 18.0 Å². The normalized spacial score (nSPS) is 17.3. The molecule has 5 nitrogen and oxygen atoms in total. The van der Waals surface area contributed by atoms with Gasteiger partial charge in [-0.15, -0.1) is 0 Å². The maximum absolute atomic E-state index is 14.9. The van der Waals surface area contributed by atoms with Crippen LogP contribution in [0.5, 0.6) is 5.75 Å². The predicted octanol–water partition coefficient (Wildman–Crippen LogP) is 4.70. The van der Waals surface area contributed by atoms with Crippen LogP contribution in [-0.4, -0.2) is 22.3 Å². The standard InChI is InChI=1S/C24H23FN4O/c1-2-30-18-6-5-14-3-4-15(9-16(14)10-18)22-13-19-20(25)11-17(12-23(19)28-22)21-7-8-27-24(26)29-21/h5-8,10-12,15H,2-4,9,13H2,1H3,(H2,26,27,29). The smallest absolute Gasteiger partial charge is 0.220 e. The van der Waals surface area contributed by atoms with Crippen molar-refractivity contribution in [2.24, 2.45) is 10.9 Å². The number of nitrogen functional groups attached to an aromatic ring is 1. The summed E-state index contributed by atoms with van der Waals surface area (Å²) in [4.78, 5) is 13.0. The van der Waals surface area contributed by atoms with Crippen molar-refractivity contribution >= 4 is 17.3 Å².